The quantitative estimate of drug-likeness (QED) is 0.322. The third-order valence-corrected chi connectivity index (χ3v) is 2.30. The first-order valence-corrected chi connectivity index (χ1v) is 5.56. The van der Waals surface area contributed by atoms with Gasteiger partial charge in [0.15, 0.2) is 0 Å². The summed E-state index contributed by atoms with van der Waals surface area (Å²) in [5.74, 6) is 6.57. The Morgan fingerprint density at radius 1 is 1.41 bits per heavy atom. The van der Waals surface area contributed by atoms with E-state index in [2.05, 4.69) is 20.7 Å². The van der Waals surface area contributed by atoms with Crippen LogP contribution in [0.4, 0.5) is 11.6 Å². The van der Waals surface area contributed by atoms with Crippen LogP contribution >= 0.6 is 0 Å². The van der Waals surface area contributed by atoms with Gasteiger partial charge < -0.3 is 21.0 Å². The van der Waals surface area contributed by atoms with Gasteiger partial charge in [0.05, 0.1) is 12.7 Å². The number of hydrogen-bond acceptors (Lipinski definition) is 7. The number of aromatic nitrogens is 2. The first-order valence-electron chi connectivity index (χ1n) is 5.56. The van der Waals surface area contributed by atoms with E-state index in [1.54, 1.807) is 0 Å². The normalized spacial score (nSPS) is 12.2. The molecule has 0 saturated carbocycles. The Labute approximate surface area is 100 Å². The van der Waals surface area contributed by atoms with Gasteiger partial charge in [-0.25, -0.2) is 15.8 Å². The molecule has 17 heavy (non-hydrogen) atoms. The highest BCUT2D eigenvalue weighted by atomic mass is 16.3. The Kier molecular flexibility index (Phi) is 5.61. The van der Waals surface area contributed by atoms with Gasteiger partial charge in [-0.05, 0) is 6.42 Å². The van der Waals surface area contributed by atoms with Crippen LogP contribution in [0.15, 0.2) is 6.33 Å². The summed E-state index contributed by atoms with van der Waals surface area (Å²) in [5.41, 5.74) is 3.40. The standard InChI is InChI=1S/C10H19N5O2/c1-2-3-8-9(12-4-7(17)5-16)13-6-14-10(8)15-11/h6-7,16-17H,2-5,11H2,1H3,(H2,12,13,14,15). The number of nitrogen functional groups attached to an aromatic ring is 1. The smallest absolute Gasteiger partial charge is 0.148 e. The Bertz CT molecular complexity index is 347. The summed E-state index contributed by atoms with van der Waals surface area (Å²) in [6.45, 7) is 1.98. The molecule has 0 aliphatic rings. The van der Waals surface area contributed by atoms with Crippen LogP contribution in [0.5, 0.6) is 0 Å². The molecule has 7 nitrogen and oxygen atoms in total. The van der Waals surface area contributed by atoms with Gasteiger partial charge in [-0.3, -0.25) is 0 Å². The predicted octanol–water partition coefficient (Wildman–Crippen LogP) is -0.520. The average molecular weight is 241 g/mol. The summed E-state index contributed by atoms with van der Waals surface area (Å²) < 4.78 is 0. The number of anilines is 2. The van der Waals surface area contributed by atoms with Crippen molar-refractivity contribution in [3.8, 4) is 0 Å². The molecule has 0 aromatic carbocycles. The lowest BCUT2D eigenvalue weighted by Crippen LogP contribution is -2.24. The monoisotopic (exact) mass is 241 g/mol. The maximum Gasteiger partial charge on any atom is 0.148 e. The molecule has 7 heteroatoms. The van der Waals surface area contributed by atoms with Gasteiger partial charge in [0.1, 0.15) is 18.0 Å². The lowest BCUT2D eigenvalue weighted by Gasteiger charge is -2.14. The van der Waals surface area contributed by atoms with Crippen molar-refractivity contribution >= 4 is 11.6 Å². The number of hydrazine groups is 1. The van der Waals surface area contributed by atoms with Crippen molar-refractivity contribution < 1.29 is 10.2 Å². The third kappa shape index (κ3) is 3.81. The summed E-state index contributed by atoms with van der Waals surface area (Å²) in [6, 6.07) is 0. The summed E-state index contributed by atoms with van der Waals surface area (Å²) >= 11 is 0. The molecule has 0 bridgehead atoms. The molecule has 96 valence electrons. The van der Waals surface area contributed by atoms with Crippen molar-refractivity contribution in [1.29, 1.82) is 0 Å². The molecule has 0 saturated heterocycles. The zero-order valence-electron chi connectivity index (χ0n) is 9.85. The molecule has 1 rings (SSSR count). The highest BCUT2D eigenvalue weighted by Gasteiger charge is 2.10. The van der Waals surface area contributed by atoms with Crippen LogP contribution in [0.1, 0.15) is 18.9 Å². The summed E-state index contributed by atoms with van der Waals surface area (Å²) in [5, 5.41) is 21.0. The molecular formula is C10H19N5O2. The van der Waals surface area contributed by atoms with Crippen LogP contribution < -0.4 is 16.6 Å². The minimum atomic E-state index is -0.811. The van der Waals surface area contributed by atoms with Crippen molar-refractivity contribution in [2.45, 2.75) is 25.9 Å². The van der Waals surface area contributed by atoms with Crippen LogP contribution in [0.25, 0.3) is 0 Å². The van der Waals surface area contributed by atoms with Gasteiger partial charge >= 0.3 is 0 Å². The number of nitrogens with one attached hydrogen (secondary N) is 2. The van der Waals surface area contributed by atoms with Crippen LogP contribution in [0, 0.1) is 0 Å². The molecule has 1 aromatic heterocycles. The Hall–Kier alpha value is -1.44. The number of hydrogen-bond donors (Lipinski definition) is 5. The molecule has 0 radical (unpaired) electrons. The van der Waals surface area contributed by atoms with Crippen molar-refractivity contribution in [3.05, 3.63) is 11.9 Å². The minimum Gasteiger partial charge on any atom is -0.394 e. The summed E-state index contributed by atoms with van der Waals surface area (Å²) in [4.78, 5) is 8.13. The fourth-order valence-electron chi connectivity index (χ4n) is 1.45. The van der Waals surface area contributed by atoms with Crippen molar-refractivity contribution in [2.24, 2.45) is 5.84 Å². The van der Waals surface area contributed by atoms with E-state index in [-0.39, 0.29) is 13.2 Å². The first kappa shape index (κ1) is 13.6. The molecule has 1 aromatic rings. The fraction of sp³-hybridized carbons (Fsp3) is 0.600. The number of rotatable bonds is 7. The SMILES string of the molecule is CCCc1c(NN)ncnc1NCC(O)CO. The van der Waals surface area contributed by atoms with Gasteiger partial charge in [0.25, 0.3) is 0 Å². The second kappa shape index (κ2) is 7.00. The molecule has 1 atom stereocenters. The number of aliphatic hydroxyl groups is 2. The van der Waals surface area contributed by atoms with Gasteiger partial charge in [-0.15, -0.1) is 0 Å². The van der Waals surface area contributed by atoms with E-state index in [1.807, 2.05) is 6.92 Å². The average Bonchev–Trinajstić information content (AvgIpc) is 2.37. The topological polar surface area (TPSA) is 116 Å². The molecule has 0 aliphatic carbocycles. The van der Waals surface area contributed by atoms with Crippen LogP contribution in [0.3, 0.4) is 0 Å². The molecule has 0 aliphatic heterocycles. The molecule has 6 N–H and O–H groups in total. The maximum atomic E-state index is 9.27. The molecule has 0 amide bonds. The largest absolute Gasteiger partial charge is 0.394 e. The molecular weight excluding hydrogens is 222 g/mol. The van der Waals surface area contributed by atoms with Crippen LogP contribution in [-0.4, -0.2) is 39.4 Å². The van der Waals surface area contributed by atoms with Gasteiger partial charge in [-0.2, -0.15) is 0 Å². The predicted molar refractivity (Wildman–Crippen MR) is 65.4 cm³/mol. The van der Waals surface area contributed by atoms with Gasteiger partial charge in [-0.1, -0.05) is 13.3 Å². The van der Waals surface area contributed by atoms with E-state index < -0.39 is 6.10 Å². The summed E-state index contributed by atoms with van der Waals surface area (Å²) in [7, 11) is 0. The zero-order chi connectivity index (χ0) is 12.7. The molecule has 0 spiro atoms. The number of aliphatic hydroxyl groups excluding tert-OH is 2. The van der Waals surface area contributed by atoms with E-state index in [0.717, 1.165) is 18.4 Å². The Morgan fingerprint density at radius 3 is 2.71 bits per heavy atom. The second-order valence-electron chi connectivity index (χ2n) is 3.66. The Balaban J connectivity index is 2.82. The molecule has 1 unspecified atom stereocenters. The van der Waals surface area contributed by atoms with Gasteiger partial charge in [0.2, 0.25) is 0 Å². The summed E-state index contributed by atoms with van der Waals surface area (Å²) in [6.07, 6.45) is 2.29. The van der Waals surface area contributed by atoms with Gasteiger partial charge in [0, 0.05) is 12.1 Å². The Morgan fingerprint density at radius 2 is 2.12 bits per heavy atom. The first-order chi connectivity index (χ1) is 8.22. The third-order valence-electron chi connectivity index (χ3n) is 2.30. The zero-order valence-corrected chi connectivity index (χ0v) is 9.85. The van der Waals surface area contributed by atoms with Crippen LogP contribution in [0.2, 0.25) is 0 Å². The van der Waals surface area contributed by atoms with Crippen molar-refractivity contribution in [1.82, 2.24) is 9.97 Å². The van der Waals surface area contributed by atoms with Crippen molar-refractivity contribution in [3.63, 3.8) is 0 Å². The van der Waals surface area contributed by atoms with E-state index in [9.17, 15) is 5.11 Å². The van der Waals surface area contributed by atoms with Crippen molar-refractivity contribution in [2.75, 3.05) is 23.9 Å². The minimum absolute atomic E-state index is 0.230. The maximum absolute atomic E-state index is 9.27. The molecule has 1 heterocycles. The van der Waals surface area contributed by atoms with E-state index in [4.69, 9.17) is 10.9 Å². The lowest BCUT2D eigenvalue weighted by molar-refractivity contribution is 0.105. The van der Waals surface area contributed by atoms with E-state index in [0.29, 0.717) is 11.6 Å². The van der Waals surface area contributed by atoms with E-state index >= 15 is 0 Å². The molecule has 0 fully saturated rings. The second-order valence-corrected chi connectivity index (χ2v) is 3.66. The fourth-order valence-corrected chi connectivity index (χ4v) is 1.45. The lowest BCUT2D eigenvalue weighted by atomic mass is 10.1. The van der Waals surface area contributed by atoms with E-state index in [1.165, 1.54) is 6.33 Å². The van der Waals surface area contributed by atoms with Crippen LogP contribution in [-0.2, 0) is 6.42 Å². The number of nitrogens with two attached hydrogens (primary N) is 1. The highest BCUT2D eigenvalue weighted by molar-refractivity contribution is 5.56. The number of nitrogens with zero attached hydrogens (tertiary/aromatic N) is 2. The highest BCUT2D eigenvalue weighted by Crippen LogP contribution is 2.20.